The second kappa shape index (κ2) is 7.34. The molecule has 0 saturated carbocycles. The lowest BCUT2D eigenvalue weighted by atomic mass is 10.2. The van der Waals surface area contributed by atoms with Gasteiger partial charge in [0.15, 0.2) is 0 Å². The van der Waals surface area contributed by atoms with E-state index in [-0.39, 0.29) is 16.7 Å². The Morgan fingerprint density at radius 1 is 1.35 bits per heavy atom. The zero-order chi connectivity index (χ0) is 17.0. The first-order valence-corrected chi connectivity index (χ1v) is 7.58. The molecule has 1 saturated heterocycles. The van der Waals surface area contributed by atoms with E-state index in [1.807, 2.05) is 0 Å². The highest BCUT2D eigenvalue weighted by Crippen LogP contribution is 2.32. The number of nitrogens with one attached hydrogen (secondary N) is 1. The maximum atomic E-state index is 12.9. The van der Waals surface area contributed by atoms with Gasteiger partial charge in [0.2, 0.25) is 5.91 Å². The number of thiocarbonyl (C=S) groups is 1. The second-order valence-electron chi connectivity index (χ2n) is 4.49. The molecule has 2 amide bonds. The van der Waals surface area contributed by atoms with Gasteiger partial charge in [0.25, 0.3) is 5.91 Å². The average molecular weight is 354 g/mol. The Labute approximate surface area is 140 Å². The number of nitrogens with zero attached hydrogens (tertiary/aromatic N) is 1. The molecule has 0 aliphatic carbocycles. The number of carbonyl (C=O) groups is 3. The number of hydrogen-bond acceptors (Lipinski definition) is 5. The highest BCUT2D eigenvalue weighted by Gasteiger charge is 2.33. The van der Waals surface area contributed by atoms with Gasteiger partial charge in [-0.1, -0.05) is 36.1 Å². The van der Waals surface area contributed by atoms with Crippen LogP contribution in [0.15, 0.2) is 29.2 Å². The molecule has 2 N–H and O–H groups in total. The number of thioether (sulfide) groups is 1. The predicted octanol–water partition coefficient (Wildman–Crippen LogP) is 1.23. The van der Waals surface area contributed by atoms with Crippen LogP contribution in [-0.4, -0.2) is 45.2 Å². The van der Waals surface area contributed by atoms with E-state index in [0.717, 1.165) is 16.7 Å². The number of carbonyl (C=O) groups excluding carboxylic acids is 2. The largest absolute Gasteiger partial charge is 0.480 e. The topological polar surface area (TPSA) is 86.7 Å². The summed E-state index contributed by atoms with van der Waals surface area (Å²) in [5.41, 5.74) is 0.627. The predicted molar refractivity (Wildman–Crippen MR) is 86.9 cm³/mol. The molecule has 0 radical (unpaired) electrons. The zero-order valence-electron chi connectivity index (χ0n) is 11.6. The van der Waals surface area contributed by atoms with Crippen LogP contribution in [0.5, 0.6) is 0 Å². The molecule has 0 bridgehead atoms. The van der Waals surface area contributed by atoms with Crippen LogP contribution in [0.3, 0.4) is 0 Å². The minimum Gasteiger partial charge on any atom is -0.480 e. The SMILES string of the molecule is O=C(O)CNC(=O)CN1C(=O)/C(=C/c2ccc(F)cc2)SC1=S. The monoisotopic (exact) mass is 354 g/mol. The zero-order valence-corrected chi connectivity index (χ0v) is 13.2. The minimum absolute atomic E-state index is 0.203. The number of carboxylic acid groups (broad SMARTS) is 1. The number of hydrogen-bond donors (Lipinski definition) is 2. The molecule has 120 valence electrons. The van der Waals surface area contributed by atoms with Gasteiger partial charge in [0, 0.05) is 0 Å². The molecule has 1 aromatic carbocycles. The van der Waals surface area contributed by atoms with Crippen molar-refractivity contribution in [3.63, 3.8) is 0 Å². The Hall–Kier alpha value is -2.26. The summed E-state index contributed by atoms with van der Waals surface area (Å²) in [7, 11) is 0. The molecule has 1 fully saturated rings. The van der Waals surface area contributed by atoms with Gasteiger partial charge in [0.1, 0.15) is 23.2 Å². The fraction of sp³-hybridized carbons (Fsp3) is 0.143. The van der Waals surface area contributed by atoms with Gasteiger partial charge in [-0.2, -0.15) is 0 Å². The molecule has 6 nitrogen and oxygen atoms in total. The number of aliphatic carboxylic acids is 1. The van der Waals surface area contributed by atoms with Crippen LogP contribution in [-0.2, 0) is 14.4 Å². The fourth-order valence-electron chi connectivity index (χ4n) is 1.72. The molecule has 9 heteroatoms. The molecule has 0 atom stereocenters. The van der Waals surface area contributed by atoms with Gasteiger partial charge >= 0.3 is 5.97 Å². The Morgan fingerprint density at radius 2 is 2.00 bits per heavy atom. The van der Waals surface area contributed by atoms with Gasteiger partial charge < -0.3 is 10.4 Å². The van der Waals surface area contributed by atoms with Crippen LogP contribution in [0.2, 0.25) is 0 Å². The normalized spacial score (nSPS) is 16.0. The van der Waals surface area contributed by atoms with Crippen molar-refractivity contribution in [1.29, 1.82) is 0 Å². The van der Waals surface area contributed by atoms with Crippen molar-refractivity contribution in [3.8, 4) is 0 Å². The van der Waals surface area contributed by atoms with Gasteiger partial charge in [-0.05, 0) is 23.8 Å². The highest BCUT2D eigenvalue weighted by molar-refractivity contribution is 8.26. The van der Waals surface area contributed by atoms with Crippen molar-refractivity contribution >= 4 is 52.2 Å². The summed E-state index contributed by atoms with van der Waals surface area (Å²) in [6.07, 6.45) is 1.55. The maximum Gasteiger partial charge on any atom is 0.322 e. The number of rotatable bonds is 5. The first-order chi connectivity index (χ1) is 10.9. The van der Waals surface area contributed by atoms with Gasteiger partial charge in [0.05, 0.1) is 4.91 Å². The van der Waals surface area contributed by atoms with Crippen molar-refractivity contribution in [2.24, 2.45) is 0 Å². The molecule has 2 rings (SSSR count). The maximum absolute atomic E-state index is 12.9. The molecular weight excluding hydrogens is 343 g/mol. The van der Waals surface area contributed by atoms with E-state index in [4.69, 9.17) is 17.3 Å². The van der Waals surface area contributed by atoms with Gasteiger partial charge in [-0.3, -0.25) is 19.3 Å². The van der Waals surface area contributed by atoms with E-state index in [2.05, 4.69) is 5.32 Å². The van der Waals surface area contributed by atoms with Crippen LogP contribution >= 0.6 is 24.0 Å². The Morgan fingerprint density at radius 3 is 2.61 bits per heavy atom. The van der Waals surface area contributed by atoms with E-state index in [1.54, 1.807) is 6.08 Å². The number of halogens is 1. The van der Waals surface area contributed by atoms with Crippen LogP contribution in [0.25, 0.3) is 6.08 Å². The highest BCUT2D eigenvalue weighted by atomic mass is 32.2. The second-order valence-corrected chi connectivity index (χ2v) is 6.17. The van der Waals surface area contributed by atoms with Crippen LogP contribution in [0.1, 0.15) is 5.56 Å². The fourth-order valence-corrected chi connectivity index (χ4v) is 2.98. The van der Waals surface area contributed by atoms with E-state index in [9.17, 15) is 18.8 Å². The Balaban J connectivity index is 2.06. The third-order valence-electron chi connectivity index (χ3n) is 2.78. The summed E-state index contributed by atoms with van der Waals surface area (Å²) >= 11 is 6.08. The molecule has 0 unspecified atom stereocenters. The quantitative estimate of drug-likeness (QED) is 0.611. The standard InChI is InChI=1S/C14H11FN2O4S2/c15-9-3-1-8(2-4-9)5-10-13(21)17(14(22)23-10)7-11(18)16-6-12(19)20/h1-5H,6-7H2,(H,16,18)(H,19,20)/b10-5-. The molecule has 1 heterocycles. The number of benzene rings is 1. The molecule has 1 aliphatic heterocycles. The minimum atomic E-state index is -1.18. The molecule has 23 heavy (non-hydrogen) atoms. The van der Waals surface area contributed by atoms with Crippen molar-refractivity contribution in [3.05, 3.63) is 40.6 Å². The molecule has 0 aromatic heterocycles. The van der Waals surface area contributed by atoms with Crippen molar-refractivity contribution in [2.75, 3.05) is 13.1 Å². The smallest absolute Gasteiger partial charge is 0.322 e. The van der Waals surface area contributed by atoms with Crippen LogP contribution in [0, 0.1) is 5.82 Å². The lowest BCUT2D eigenvalue weighted by Gasteiger charge is -2.13. The lowest BCUT2D eigenvalue weighted by molar-refractivity contribution is -0.138. The third kappa shape index (κ3) is 4.60. The first-order valence-electron chi connectivity index (χ1n) is 6.36. The van der Waals surface area contributed by atoms with Crippen molar-refractivity contribution in [1.82, 2.24) is 10.2 Å². The van der Waals surface area contributed by atoms with Crippen LogP contribution < -0.4 is 5.32 Å². The molecule has 1 aliphatic rings. The summed E-state index contributed by atoms with van der Waals surface area (Å²) in [5.74, 6) is -2.63. The van der Waals surface area contributed by atoms with Crippen LogP contribution in [0.4, 0.5) is 4.39 Å². The number of amides is 2. The Bertz CT molecular complexity index is 703. The molecular formula is C14H11FN2O4S2. The van der Waals surface area contributed by atoms with E-state index in [0.29, 0.717) is 10.5 Å². The summed E-state index contributed by atoms with van der Waals surface area (Å²) in [5, 5.41) is 10.7. The van der Waals surface area contributed by atoms with Gasteiger partial charge in [-0.15, -0.1) is 0 Å². The summed E-state index contributed by atoms with van der Waals surface area (Å²) < 4.78 is 13.1. The summed E-state index contributed by atoms with van der Waals surface area (Å²) in [6, 6.07) is 5.57. The molecule has 1 aromatic rings. The van der Waals surface area contributed by atoms with Gasteiger partial charge in [-0.25, -0.2) is 4.39 Å². The van der Waals surface area contributed by atoms with E-state index in [1.165, 1.54) is 24.3 Å². The van der Waals surface area contributed by atoms with E-state index >= 15 is 0 Å². The summed E-state index contributed by atoms with van der Waals surface area (Å²) in [4.78, 5) is 35.6. The Kier molecular flexibility index (Phi) is 5.45. The summed E-state index contributed by atoms with van der Waals surface area (Å²) in [6.45, 7) is -0.877. The van der Waals surface area contributed by atoms with E-state index < -0.39 is 24.3 Å². The number of carboxylic acids is 1. The lowest BCUT2D eigenvalue weighted by Crippen LogP contribution is -2.41. The third-order valence-corrected chi connectivity index (χ3v) is 4.16. The van der Waals surface area contributed by atoms with Crippen molar-refractivity contribution in [2.45, 2.75) is 0 Å². The molecule has 0 spiro atoms. The average Bonchev–Trinajstić information content (AvgIpc) is 2.75. The van der Waals surface area contributed by atoms with Crippen molar-refractivity contribution < 1.29 is 23.9 Å². The first kappa shape index (κ1) is 17.1.